The maximum Gasteiger partial charge on any atom is 0.228 e. The maximum absolute atomic E-state index is 15.0. The first-order chi connectivity index (χ1) is 29.0. The van der Waals surface area contributed by atoms with E-state index in [1.807, 2.05) is 73.1 Å². The smallest absolute Gasteiger partial charge is 0.228 e. The van der Waals surface area contributed by atoms with Crippen LogP contribution in [0.2, 0.25) is 0 Å². The third-order valence-electron chi connectivity index (χ3n) is 12.4. The van der Waals surface area contributed by atoms with Crippen LogP contribution in [0.4, 0.5) is 15.8 Å². The van der Waals surface area contributed by atoms with Crippen LogP contribution < -0.4 is 19.1 Å². The maximum atomic E-state index is 15.0. The van der Waals surface area contributed by atoms with Gasteiger partial charge in [0.1, 0.15) is 35.0 Å². The fourth-order valence-corrected chi connectivity index (χ4v) is 8.97. The molecule has 1 spiro atoms. The first-order valence-electron chi connectivity index (χ1n) is 20.3. The lowest BCUT2D eigenvalue weighted by Crippen LogP contribution is -2.62. The number of carbonyl (C=O) groups excluding carboxylic acids is 1. The number of methoxy groups -OCH3 is 1. The number of carbonyl (C=O) groups is 1. The molecule has 3 aliphatic rings. The Labute approximate surface area is 349 Å². The van der Waals surface area contributed by atoms with Gasteiger partial charge in [-0.1, -0.05) is 61.5 Å². The zero-order valence-electron chi connectivity index (χ0n) is 34.6. The number of hydrogen-bond donors (Lipinski definition) is 0. The Morgan fingerprint density at radius 1 is 0.817 bits per heavy atom. The van der Waals surface area contributed by atoms with E-state index in [1.54, 1.807) is 49.6 Å². The second-order valence-electron chi connectivity index (χ2n) is 16.2. The number of nitrogens with zero attached hydrogens (tertiary/aromatic N) is 3. The largest absolute Gasteiger partial charge is 0.497 e. The van der Waals surface area contributed by atoms with E-state index in [9.17, 15) is 9.18 Å². The highest BCUT2D eigenvalue weighted by atomic mass is 19.1. The Kier molecular flexibility index (Phi) is 9.54. The summed E-state index contributed by atoms with van der Waals surface area (Å²) in [5, 5.41) is 3.08. The topological polar surface area (TPSA) is 73.2 Å². The molecular formula is C52H46FN3O4. The van der Waals surface area contributed by atoms with Crippen LogP contribution in [0.3, 0.4) is 0 Å². The molecular weight excluding hydrogens is 750 g/mol. The summed E-state index contributed by atoms with van der Waals surface area (Å²) < 4.78 is 33.8. The van der Waals surface area contributed by atoms with Gasteiger partial charge in [-0.3, -0.25) is 14.8 Å². The number of aryl methyl sites for hydroxylation is 2. The number of aldehydes is 1. The summed E-state index contributed by atoms with van der Waals surface area (Å²) in [6, 6.07) is 36.1. The molecule has 7 nitrogen and oxygen atoms in total. The van der Waals surface area contributed by atoms with Gasteiger partial charge in [-0.25, -0.2) is 4.39 Å². The highest BCUT2D eigenvalue weighted by Crippen LogP contribution is 2.55. The number of benzene rings is 6. The normalized spacial score (nSPS) is 19.1. The Hall–Kier alpha value is -6.80. The van der Waals surface area contributed by atoms with Crippen LogP contribution in [0.1, 0.15) is 70.9 Å². The number of pyridine rings is 1. The lowest BCUT2D eigenvalue weighted by molar-refractivity contribution is 0.0778. The van der Waals surface area contributed by atoms with Crippen molar-refractivity contribution < 1.29 is 23.4 Å². The Bertz CT molecular complexity index is 2890. The minimum atomic E-state index is -1.15. The first kappa shape index (κ1) is 38.7. The second kappa shape index (κ2) is 14.8. The van der Waals surface area contributed by atoms with Crippen molar-refractivity contribution in [3.05, 3.63) is 172 Å². The summed E-state index contributed by atoms with van der Waals surface area (Å²) in [6.45, 7) is 12.0. The highest BCUT2D eigenvalue weighted by molar-refractivity contribution is 5.98. The van der Waals surface area contributed by atoms with Gasteiger partial charge in [0.05, 0.1) is 24.3 Å². The molecule has 0 saturated carbocycles. The van der Waals surface area contributed by atoms with Crippen molar-refractivity contribution in [2.24, 2.45) is 4.99 Å². The van der Waals surface area contributed by atoms with Gasteiger partial charge < -0.3 is 19.1 Å². The fraction of sp³-hybridized carbons (Fsp3) is 0.212. The van der Waals surface area contributed by atoms with Gasteiger partial charge >= 0.3 is 0 Å². The number of rotatable bonds is 6. The minimum absolute atomic E-state index is 0.249. The summed E-state index contributed by atoms with van der Waals surface area (Å²) in [5.41, 5.74) is 7.59. The number of ether oxygens (including phenoxy) is 3. The molecule has 0 bridgehead atoms. The number of aromatic nitrogens is 1. The van der Waals surface area contributed by atoms with Crippen molar-refractivity contribution >= 4 is 51.6 Å². The van der Waals surface area contributed by atoms with E-state index >= 15 is 0 Å². The molecule has 2 atom stereocenters. The average Bonchev–Trinajstić information content (AvgIpc) is 3.43. The van der Waals surface area contributed by atoms with Crippen molar-refractivity contribution in [1.82, 2.24) is 4.98 Å². The van der Waals surface area contributed by atoms with Crippen molar-refractivity contribution in [1.29, 1.82) is 0 Å². The molecule has 60 heavy (non-hydrogen) atoms. The van der Waals surface area contributed by atoms with Crippen molar-refractivity contribution in [2.75, 3.05) is 18.6 Å². The molecule has 6 aromatic carbocycles. The average molecular weight is 796 g/mol. The molecule has 8 heteroatoms. The zero-order chi connectivity index (χ0) is 41.8. The third kappa shape index (κ3) is 6.04. The molecule has 0 saturated heterocycles. The number of halogens is 1. The molecule has 0 radical (unpaired) electrons. The molecule has 7 aromatic rings. The van der Waals surface area contributed by atoms with Gasteiger partial charge in [-0.2, -0.15) is 0 Å². The monoisotopic (exact) mass is 795 g/mol. The lowest BCUT2D eigenvalue weighted by Gasteiger charge is -2.46. The molecule has 300 valence electrons. The lowest BCUT2D eigenvalue weighted by atomic mass is 9.77. The van der Waals surface area contributed by atoms with Gasteiger partial charge in [0.25, 0.3) is 0 Å². The number of aliphatic imine (C=N–C) groups is 1. The fourth-order valence-electron chi connectivity index (χ4n) is 8.97. The van der Waals surface area contributed by atoms with Crippen LogP contribution in [0.25, 0.3) is 27.8 Å². The van der Waals surface area contributed by atoms with Crippen LogP contribution in [0.15, 0.2) is 133 Å². The minimum Gasteiger partial charge on any atom is -0.497 e. The summed E-state index contributed by atoms with van der Waals surface area (Å²) in [6.07, 6.45) is 9.53. The van der Waals surface area contributed by atoms with Crippen LogP contribution in [-0.4, -0.2) is 36.9 Å². The van der Waals surface area contributed by atoms with Crippen LogP contribution in [-0.2, 0) is 11.0 Å². The highest BCUT2D eigenvalue weighted by Gasteiger charge is 2.59. The van der Waals surface area contributed by atoms with E-state index < -0.39 is 11.3 Å². The van der Waals surface area contributed by atoms with Crippen LogP contribution in [0, 0.1) is 19.7 Å². The molecule has 0 fully saturated rings. The van der Waals surface area contributed by atoms with E-state index in [0.29, 0.717) is 16.9 Å². The number of hydrogen-bond acceptors (Lipinski definition) is 7. The van der Waals surface area contributed by atoms with Gasteiger partial charge in [0.15, 0.2) is 5.60 Å². The van der Waals surface area contributed by atoms with E-state index in [0.717, 1.165) is 69.2 Å². The molecule has 0 N–H and O–H groups in total. The molecule has 1 aromatic heterocycles. The summed E-state index contributed by atoms with van der Waals surface area (Å²) in [5.74, 6) is 1.90. The Morgan fingerprint density at radius 2 is 1.60 bits per heavy atom. The number of anilines is 1. The van der Waals surface area contributed by atoms with E-state index in [4.69, 9.17) is 19.2 Å². The van der Waals surface area contributed by atoms with Gasteiger partial charge in [-0.05, 0) is 134 Å². The summed E-state index contributed by atoms with van der Waals surface area (Å²) >= 11 is 0. The van der Waals surface area contributed by atoms with Crippen molar-refractivity contribution in [3.8, 4) is 17.2 Å². The van der Waals surface area contributed by atoms with Gasteiger partial charge in [0, 0.05) is 46.1 Å². The SMILES string of the molecule is CCCN1c2cc(C)c(C)cc2C(C)(C)C12C=Nc1c(ccc3ncccc13)O2.COc1ccc2c3c(ccc2c1)OC(c1ccc(C=O)cc1)(c1ccccc1F)C=C3. The zero-order valence-corrected chi connectivity index (χ0v) is 34.6. The van der Waals surface area contributed by atoms with Crippen molar-refractivity contribution in [2.45, 2.75) is 57.8 Å². The molecule has 2 unspecified atom stereocenters. The summed E-state index contributed by atoms with van der Waals surface area (Å²) in [7, 11) is 1.64. The first-order valence-corrected chi connectivity index (χ1v) is 20.3. The number of fused-ring (bicyclic) bond motifs is 7. The molecule has 3 aliphatic heterocycles. The van der Waals surface area contributed by atoms with E-state index in [2.05, 4.69) is 62.7 Å². The Morgan fingerprint density at radius 3 is 2.37 bits per heavy atom. The molecule has 0 amide bonds. The Balaban J connectivity index is 0.000000154. The quantitative estimate of drug-likeness (QED) is 0.156. The van der Waals surface area contributed by atoms with Crippen LogP contribution >= 0.6 is 0 Å². The van der Waals surface area contributed by atoms with E-state index in [-0.39, 0.29) is 11.2 Å². The van der Waals surface area contributed by atoms with Crippen molar-refractivity contribution in [3.63, 3.8) is 0 Å². The third-order valence-corrected chi connectivity index (χ3v) is 12.4. The van der Waals surface area contributed by atoms with Gasteiger partial charge in [-0.15, -0.1) is 0 Å². The molecule has 10 rings (SSSR count). The second-order valence-corrected chi connectivity index (χ2v) is 16.2. The molecule has 0 aliphatic carbocycles. The molecule has 4 heterocycles. The van der Waals surface area contributed by atoms with Crippen LogP contribution in [0.5, 0.6) is 17.2 Å². The summed E-state index contributed by atoms with van der Waals surface area (Å²) in [4.78, 5) is 23.0. The predicted molar refractivity (Wildman–Crippen MR) is 239 cm³/mol. The van der Waals surface area contributed by atoms with Gasteiger partial charge in [0.2, 0.25) is 5.72 Å². The standard InChI is InChI=1S/C27H19FO3.C25H27N3O/c1-30-21-11-12-22-19(16-21)8-13-26-23(22)14-15-27(31-26,24-4-2-3-5-25(24)28)20-9-6-18(17-29)7-10-20;1-6-12-28-21-14-17(3)16(2)13-19(21)24(4,5)25(28)15-27-23-18-8-7-11-26-20(18)9-10-22(23)29-25/h2-17H,1H3;7-11,13-15H,6,12H2,1-5H3. The predicted octanol–water partition coefficient (Wildman–Crippen LogP) is 12.0. The van der Waals surface area contributed by atoms with E-state index in [1.165, 1.54) is 28.4 Å².